The SMILES string of the molecule is Cc1cc(C(=O)c2cc(F)cc(F)c2)ccc1F. The third-order valence-corrected chi connectivity index (χ3v) is 2.54. The van der Waals surface area contributed by atoms with Crippen LogP contribution in [0, 0.1) is 24.4 Å². The monoisotopic (exact) mass is 250 g/mol. The lowest BCUT2D eigenvalue weighted by molar-refractivity contribution is 0.103. The molecular formula is C14H9F3O. The molecule has 0 aliphatic rings. The van der Waals surface area contributed by atoms with Gasteiger partial charge in [-0.15, -0.1) is 0 Å². The van der Waals surface area contributed by atoms with Crippen molar-refractivity contribution in [3.63, 3.8) is 0 Å². The minimum atomic E-state index is -0.822. The quantitative estimate of drug-likeness (QED) is 0.743. The van der Waals surface area contributed by atoms with Crippen LogP contribution in [-0.2, 0) is 0 Å². The molecule has 0 aliphatic carbocycles. The van der Waals surface area contributed by atoms with Gasteiger partial charge in [-0.05, 0) is 42.8 Å². The van der Waals surface area contributed by atoms with Crippen LogP contribution in [0.2, 0.25) is 0 Å². The van der Waals surface area contributed by atoms with Crippen molar-refractivity contribution in [1.29, 1.82) is 0 Å². The summed E-state index contributed by atoms with van der Waals surface area (Å²) >= 11 is 0. The van der Waals surface area contributed by atoms with E-state index in [9.17, 15) is 18.0 Å². The minimum absolute atomic E-state index is 0.0986. The summed E-state index contributed by atoms with van der Waals surface area (Å²) in [5, 5.41) is 0. The van der Waals surface area contributed by atoms with Gasteiger partial charge in [-0.25, -0.2) is 13.2 Å². The smallest absolute Gasteiger partial charge is 0.193 e. The minimum Gasteiger partial charge on any atom is -0.289 e. The van der Waals surface area contributed by atoms with E-state index in [1.54, 1.807) is 0 Å². The number of carbonyl (C=O) groups is 1. The molecule has 0 spiro atoms. The van der Waals surface area contributed by atoms with Crippen LogP contribution in [-0.4, -0.2) is 5.78 Å². The van der Waals surface area contributed by atoms with Gasteiger partial charge in [-0.1, -0.05) is 0 Å². The molecule has 18 heavy (non-hydrogen) atoms. The van der Waals surface area contributed by atoms with Crippen molar-refractivity contribution in [2.24, 2.45) is 0 Å². The Hall–Kier alpha value is -2.10. The summed E-state index contributed by atoms with van der Waals surface area (Å²) in [6.45, 7) is 1.51. The Morgan fingerprint density at radius 2 is 1.50 bits per heavy atom. The maximum atomic E-state index is 13.1. The number of rotatable bonds is 2. The summed E-state index contributed by atoms with van der Waals surface area (Å²) < 4.78 is 39.1. The van der Waals surface area contributed by atoms with Crippen LogP contribution >= 0.6 is 0 Å². The van der Waals surface area contributed by atoms with E-state index in [2.05, 4.69) is 0 Å². The molecule has 0 saturated carbocycles. The lowest BCUT2D eigenvalue weighted by Gasteiger charge is -2.04. The van der Waals surface area contributed by atoms with Gasteiger partial charge in [0.1, 0.15) is 17.5 Å². The Labute approximate surface area is 102 Å². The third kappa shape index (κ3) is 2.42. The third-order valence-electron chi connectivity index (χ3n) is 2.54. The summed E-state index contributed by atoms with van der Waals surface area (Å²) in [4.78, 5) is 12.0. The van der Waals surface area contributed by atoms with Crippen molar-refractivity contribution < 1.29 is 18.0 Å². The number of halogens is 3. The fourth-order valence-electron chi connectivity index (χ4n) is 1.64. The average Bonchev–Trinajstić information content (AvgIpc) is 2.30. The van der Waals surface area contributed by atoms with Crippen LogP contribution in [0.25, 0.3) is 0 Å². The molecule has 0 atom stereocenters. The first-order valence-electron chi connectivity index (χ1n) is 5.24. The summed E-state index contributed by atoms with van der Waals surface area (Å²) in [5.41, 5.74) is 0.398. The van der Waals surface area contributed by atoms with E-state index in [-0.39, 0.29) is 11.1 Å². The van der Waals surface area contributed by atoms with Crippen molar-refractivity contribution in [3.05, 3.63) is 70.5 Å². The first-order chi connectivity index (χ1) is 8.47. The first kappa shape index (κ1) is 12.4. The van der Waals surface area contributed by atoms with Crippen molar-refractivity contribution in [1.82, 2.24) is 0 Å². The Morgan fingerprint density at radius 1 is 0.889 bits per heavy atom. The van der Waals surface area contributed by atoms with Crippen molar-refractivity contribution in [3.8, 4) is 0 Å². The normalized spacial score (nSPS) is 10.4. The van der Waals surface area contributed by atoms with Gasteiger partial charge in [0.15, 0.2) is 5.78 Å². The molecule has 4 heteroatoms. The van der Waals surface area contributed by atoms with Gasteiger partial charge >= 0.3 is 0 Å². The number of aryl methyl sites for hydroxylation is 1. The second-order valence-corrected chi connectivity index (χ2v) is 3.95. The Bertz CT molecular complexity index is 600. The van der Waals surface area contributed by atoms with E-state index in [0.717, 1.165) is 18.2 Å². The molecule has 0 heterocycles. The summed E-state index contributed by atoms with van der Waals surface area (Å²) in [7, 11) is 0. The zero-order valence-corrected chi connectivity index (χ0v) is 9.51. The van der Waals surface area contributed by atoms with Gasteiger partial charge in [0.05, 0.1) is 0 Å². The van der Waals surface area contributed by atoms with Crippen LogP contribution in [0.1, 0.15) is 21.5 Å². The zero-order valence-electron chi connectivity index (χ0n) is 9.51. The molecule has 0 fully saturated rings. The molecule has 0 aromatic heterocycles. The molecule has 1 nitrogen and oxygen atoms in total. The van der Waals surface area contributed by atoms with E-state index >= 15 is 0 Å². The fraction of sp³-hybridized carbons (Fsp3) is 0.0714. The van der Waals surface area contributed by atoms with Gasteiger partial charge in [-0.3, -0.25) is 4.79 Å². The Kier molecular flexibility index (Phi) is 3.19. The van der Waals surface area contributed by atoms with E-state index in [1.807, 2.05) is 0 Å². The zero-order chi connectivity index (χ0) is 13.3. The number of ketones is 1. The highest BCUT2D eigenvalue weighted by Crippen LogP contribution is 2.16. The molecule has 0 radical (unpaired) electrons. The van der Waals surface area contributed by atoms with Gasteiger partial charge in [-0.2, -0.15) is 0 Å². The molecule has 2 rings (SSSR count). The topological polar surface area (TPSA) is 17.1 Å². The predicted molar refractivity (Wildman–Crippen MR) is 60.9 cm³/mol. The van der Waals surface area contributed by atoms with Crippen LogP contribution < -0.4 is 0 Å². The first-order valence-corrected chi connectivity index (χ1v) is 5.24. The Balaban J connectivity index is 2.44. The number of benzene rings is 2. The molecule has 0 N–H and O–H groups in total. The van der Waals surface area contributed by atoms with Crippen molar-refractivity contribution in [2.75, 3.05) is 0 Å². The van der Waals surface area contributed by atoms with E-state index in [0.29, 0.717) is 11.6 Å². The van der Waals surface area contributed by atoms with Gasteiger partial charge in [0.2, 0.25) is 0 Å². The van der Waals surface area contributed by atoms with Gasteiger partial charge in [0, 0.05) is 17.2 Å². The molecule has 2 aromatic rings. The van der Waals surface area contributed by atoms with Gasteiger partial charge in [0.25, 0.3) is 0 Å². The van der Waals surface area contributed by atoms with E-state index in [4.69, 9.17) is 0 Å². The maximum Gasteiger partial charge on any atom is 0.193 e. The molecule has 0 saturated heterocycles. The molecule has 0 bridgehead atoms. The van der Waals surface area contributed by atoms with E-state index < -0.39 is 23.2 Å². The highest BCUT2D eigenvalue weighted by molar-refractivity contribution is 6.09. The Morgan fingerprint density at radius 3 is 2.06 bits per heavy atom. The standard InChI is InChI=1S/C14H9F3O/c1-8-4-9(2-3-13(8)17)14(18)10-5-11(15)7-12(16)6-10/h2-7H,1H3. The highest BCUT2D eigenvalue weighted by atomic mass is 19.1. The summed E-state index contributed by atoms with van der Waals surface area (Å²) in [6.07, 6.45) is 0. The second kappa shape index (κ2) is 4.64. The molecule has 2 aromatic carbocycles. The molecule has 92 valence electrons. The summed E-state index contributed by atoms with van der Waals surface area (Å²) in [6, 6.07) is 6.37. The van der Waals surface area contributed by atoms with Crippen molar-refractivity contribution >= 4 is 5.78 Å². The lowest BCUT2D eigenvalue weighted by Crippen LogP contribution is -2.03. The highest BCUT2D eigenvalue weighted by Gasteiger charge is 2.12. The predicted octanol–water partition coefficient (Wildman–Crippen LogP) is 3.64. The maximum absolute atomic E-state index is 13.1. The number of hydrogen-bond donors (Lipinski definition) is 0. The van der Waals surface area contributed by atoms with Crippen LogP contribution in [0.3, 0.4) is 0 Å². The molecular weight excluding hydrogens is 241 g/mol. The summed E-state index contributed by atoms with van der Waals surface area (Å²) in [5.74, 6) is -2.62. The number of carbonyl (C=O) groups excluding carboxylic acids is 1. The average molecular weight is 250 g/mol. The molecule has 0 unspecified atom stereocenters. The van der Waals surface area contributed by atoms with Crippen LogP contribution in [0.5, 0.6) is 0 Å². The van der Waals surface area contributed by atoms with Crippen LogP contribution in [0.4, 0.5) is 13.2 Å². The molecule has 0 amide bonds. The van der Waals surface area contributed by atoms with Crippen LogP contribution in [0.15, 0.2) is 36.4 Å². The molecule has 0 aliphatic heterocycles. The largest absolute Gasteiger partial charge is 0.289 e. The van der Waals surface area contributed by atoms with Crippen molar-refractivity contribution in [2.45, 2.75) is 6.92 Å². The fourth-order valence-corrected chi connectivity index (χ4v) is 1.64. The lowest BCUT2D eigenvalue weighted by atomic mass is 10.0. The second-order valence-electron chi connectivity index (χ2n) is 3.95. The van der Waals surface area contributed by atoms with Gasteiger partial charge < -0.3 is 0 Å². The number of hydrogen-bond acceptors (Lipinski definition) is 1. The van der Waals surface area contributed by atoms with E-state index in [1.165, 1.54) is 19.1 Å².